The number of benzene rings is 2. The topological polar surface area (TPSA) is 85.8 Å². The second kappa shape index (κ2) is 12.0. The van der Waals surface area contributed by atoms with Gasteiger partial charge in [-0.2, -0.15) is 5.10 Å². The summed E-state index contributed by atoms with van der Waals surface area (Å²) in [4.78, 5) is 16.5. The van der Waals surface area contributed by atoms with Crippen LogP contribution in [0.15, 0.2) is 54.6 Å². The molecule has 9 heteroatoms. The van der Waals surface area contributed by atoms with Gasteiger partial charge in [0.2, 0.25) is 0 Å². The van der Waals surface area contributed by atoms with E-state index in [-0.39, 0.29) is 18.2 Å². The summed E-state index contributed by atoms with van der Waals surface area (Å²) in [5.41, 5.74) is 2.50. The first kappa shape index (κ1) is 28.8. The second-order valence-corrected chi connectivity index (χ2v) is 12.6. The number of aromatic nitrogens is 2. The fourth-order valence-corrected chi connectivity index (χ4v) is 5.88. The Balaban J connectivity index is 1.34. The van der Waals surface area contributed by atoms with Gasteiger partial charge in [0, 0.05) is 40.5 Å². The number of fused-ring (bicyclic) bond motifs is 1. The molecule has 0 radical (unpaired) electrons. The van der Waals surface area contributed by atoms with Crippen LogP contribution in [0.3, 0.4) is 0 Å². The number of rotatable bonds is 8. The van der Waals surface area contributed by atoms with Gasteiger partial charge in [0.15, 0.2) is 5.82 Å². The van der Waals surface area contributed by atoms with Crippen LogP contribution in [0.2, 0.25) is 0 Å². The number of anilines is 1. The van der Waals surface area contributed by atoms with E-state index < -0.39 is 5.60 Å². The van der Waals surface area contributed by atoms with Crippen molar-refractivity contribution in [2.45, 2.75) is 65.3 Å². The molecule has 41 heavy (non-hydrogen) atoms. The van der Waals surface area contributed by atoms with Crippen LogP contribution < -0.4 is 10.1 Å². The quantitative estimate of drug-likeness (QED) is 0.235. The van der Waals surface area contributed by atoms with Crippen molar-refractivity contribution in [1.29, 1.82) is 0 Å². The Labute approximate surface area is 245 Å². The van der Waals surface area contributed by atoms with Crippen molar-refractivity contribution in [2.24, 2.45) is 0 Å². The molecular formula is C32H38N4O4S. The molecule has 2 aromatic carbocycles. The Morgan fingerprint density at radius 1 is 1.15 bits per heavy atom. The van der Waals surface area contributed by atoms with Crippen LogP contribution in [-0.2, 0) is 16.0 Å². The molecule has 216 valence electrons. The number of ether oxygens (including phenoxy) is 3. The van der Waals surface area contributed by atoms with E-state index in [0.717, 1.165) is 57.1 Å². The predicted molar refractivity (Wildman–Crippen MR) is 164 cm³/mol. The van der Waals surface area contributed by atoms with Crippen LogP contribution in [0.4, 0.5) is 10.6 Å². The van der Waals surface area contributed by atoms with Crippen molar-refractivity contribution in [3.8, 4) is 16.2 Å². The summed E-state index contributed by atoms with van der Waals surface area (Å²) in [7, 11) is 1.77. The van der Waals surface area contributed by atoms with Gasteiger partial charge in [0.1, 0.15) is 17.5 Å². The first-order valence-corrected chi connectivity index (χ1v) is 14.8. The Kier molecular flexibility index (Phi) is 8.47. The lowest BCUT2D eigenvalue weighted by Gasteiger charge is -2.25. The zero-order chi connectivity index (χ0) is 29.1. The summed E-state index contributed by atoms with van der Waals surface area (Å²) < 4.78 is 17.2. The van der Waals surface area contributed by atoms with Crippen LogP contribution in [0, 0.1) is 6.92 Å². The lowest BCUT2D eigenvalue weighted by molar-refractivity contribution is 0.0285. The smallest absolute Gasteiger partial charge is 0.410 e. The van der Waals surface area contributed by atoms with Gasteiger partial charge >= 0.3 is 6.09 Å². The van der Waals surface area contributed by atoms with Crippen molar-refractivity contribution in [2.75, 3.05) is 25.6 Å². The first-order valence-electron chi connectivity index (χ1n) is 14.0. The molecule has 1 amide bonds. The molecule has 4 aromatic rings. The van der Waals surface area contributed by atoms with Crippen LogP contribution in [0.5, 0.6) is 5.75 Å². The number of nitrogens with one attached hydrogen (secondary N) is 1. The fraction of sp³-hybridized carbons (Fsp3) is 0.406. The summed E-state index contributed by atoms with van der Waals surface area (Å²) in [5, 5.41) is 14.5. The minimum absolute atomic E-state index is 0.00152. The highest BCUT2D eigenvalue weighted by atomic mass is 32.1. The summed E-state index contributed by atoms with van der Waals surface area (Å²) in [5.74, 6) is 1.53. The third-order valence-electron chi connectivity index (χ3n) is 6.93. The van der Waals surface area contributed by atoms with Gasteiger partial charge in [0.25, 0.3) is 0 Å². The monoisotopic (exact) mass is 574 g/mol. The van der Waals surface area contributed by atoms with Gasteiger partial charge in [-0.15, -0.1) is 16.4 Å². The second-order valence-electron chi connectivity index (χ2n) is 11.5. The predicted octanol–water partition coefficient (Wildman–Crippen LogP) is 7.37. The van der Waals surface area contributed by atoms with Gasteiger partial charge in [0.05, 0.1) is 24.9 Å². The molecule has 2 aromatic heterocycles. The molecular weight excluding hydrogens is 536 g/mol. The van der Waals surface area contributed by atoms with Gasteiger partial charge in [-0.1, -0.05) is 24.3 Å². The number of carbonyl (C=O) groups is 1. The van der Waals surface area contributed by atoms with Gasteiger partial charge in [-0.05, 0) is 76.1 Å². The molecule has 1 unspecified atom stereocenters. The van der Waals surface area contributed by atoms with E-state index in [9.17, 15) is 4.79 Å². The molecule has 0 spiro atoms. The molecule has 0 aliphatic carbocycles. The van der Waals surface area contributed by atoms with Gasteiger partial charge < -0.3 is 24.4 Å². The standard InChI is InChI=1S/C32H38N4O4S/c1-20-25-12-11-23(39-24-15-16-38-19-24)17-27(25)30(35-34-20)33-21(2)28-13-14-29(41-28)26-10-8-7-9-22(26)18-36(6)31(37)40-32(3,4)5/h7-14,17,21,24H,15-16,18-19H2,1-6H3,(H,33,35)/t21?,24-/m0/s1. The summed E-state index contributed by atoms with van der Waals surface area (Å²) in [6.45, 7) is 11.5. The van der Waals surface area contributed by atoms with E-state index in [1.807, 2.05) is 52.0 Å². The third-order valence-corrected chi connectivity index (χ3v) is 8.23. The van der Waals surface area contributed by atoms with Crippen LogP contribution in [-0.4, -0.2) is 53.2 Å². The van der Waals surface area contributed by atoms with Crippen molar-refractivity contribution in [3.63, 3.8) is 0 Å². The van der Waals surface area contributed by atoms with Crippen LogP contribution in [0.1, 0.15) is 56.3 Å². The molecule has 1 N–H and O–H groups in total. The van der Waals surface area contributed by atoms with Crippen molar-refractivity contribution >= 4 is 34.0 Å². The SMILES string of the molecule is Cc1nnc(NC(C)c2ccc(-c3ccccc3CN(C)C(=O)OC(C)(C)C)s2)c2cc(O[C@H]3CCOC3)ccc12. The maximum atomic E-state index is 12.6. The average Bonchev–Trinajstić information content (AvgIpc) is 3.62. The molecule has 0 saturated carbocycles. The van der Waals surface area contributed by atoms with E-state index in [1.165, 1.54) is 4.88 Å². The number of thiophene rings is 1. The summed E-state index contributed by atoms with van der Waals surface area (Å²) in [6, 6.07) is 18.5. The van der Waals surface area contributed by atoms with E-state index >= 15 is 0 Å². The molecule has 1 saturated heterocycles. The van der Waals surface area contributed by atoms with E-state index in [2.05, 4.69) is 52.8 Å². The zero-order valence-corrected chi connectivity index (χ0v) is 25.4. The Morgan fingerprint density at radius 3 is 2.71 bits per heavy atom. The Hall–Kier alpha value is -3.69. The number of hydrogen-bond donors (Lipinski definition) is 1. The molecule has 2 atom stereocenters. The number of hydrogen-bond acceptors (Lipinski definition) is 8. The Bertz CT molecular complexity index is 1520. The summed E-state index contributed by atoms with van der Waals surface area (Å²) >= 11 is 1.72. The van der Waals surface area contributed by atoms with E-state index in [4.69, 9.17) is 14.2 Å². The molecule has 3 heterocycles. The number of aryl methyl sites for hydroxylation is 1. The highest BCUT2D eigenvalue weighted by Crippen LogP contribution is 2.36. The van der Waals surface area contributed by atoms with Crippen LogP contribution >= 0.6 is 11.3 Å². The lowest BCUT2D eigenvalue weighted by Crippen LogP contribution is -2.33. The van der Waals surface area contributed by atoms with Crippen molar-refractivity contribution in [3.05, 3.63) is 70.7 Å². The highest BCUT2D eigenvalue weighted by molar-refractivity contribution is 7.15. The van der Waals surface area contributed by atoms with Gasteiger partial charge in [-0.25, -0.2) is 4.79 Å². The Morgan fingerprint density at radius 2 is 1.95 bits per heavy atom. The molecule has 8 nitrogen and oxygen atoms in total. The van der Waals surface area contributed by atoms with Crippen molar-refractivity contribution < 1.29 is 19.0 Å². The maximum absolute atomic E-state index is 12.6. The molecule has 5 rings (SSSR count). The number of carbonyl (C=O) groups excluding carboxylic acids is 1. The highest BCUT2D eigenvalue weighted by Gasteiger charge is 2.22. The van der Waals surface area contributed by atoms with E-state index in [1.54, 1.807) is 23.3 Å². The number of nitrogens with zero attached hydrogens (tertiary/aromatic N) is 3. The van der Waals surface area contributed by atoms with Crippen molar-refractivity contribution in [1.82, 2.24) is 15.1 Å². The largest absolute Gasteiger partial charge is 0.488 e. The molecule has 1 fully saturated rings. The average molecular weight is 575 g/mol. The third kappa shape index (κ3) is 6.97. The molecule has 1 aliphatic rings. The first-order chi connectivity index (χ1) is 19.6. The minimum atomic E-state index is -0.538. The summed E-state index contributed by atoms with van der Waals surface area (Å²) in [6.07, 6.45) is 0.637. The normalized spacial score (nSPS) is 16.0. The molecule has 1 aliphatic heterocycles. The zero-order valence-electron chi connectivity index (χ0n) is 24.6. The minimum Gasteiger partial charge on any atom is -0.488 e. The lowest BCUT2D eigenvalue weighted by atomic mass is 10.1. The van der Waals surface area contributed by atoms with Gasteiger partial charge in [-0.3, -0.25) is 0 Å². The fourth-order valence-electron chi connectivity index (χ4n) is 4.81. The van der Waals surface area contributed by atoms with Crippen LogP contribution in [0.25, 0.3) is 21.2 Å². The molecule has 0 bridgehead atoms. The van der Waals surface area contributed by atoms with E-state index in [0.29, 0.717) is 13.2 Å². The number of amides is 1. The maximum Gasteiger partial charge on any atom is 0.410 e.